The third-order valence-electron chi connectivity index (χ3n) is 3.77. The van der Waals surface area contributed by atoms with Crippen molar-refractivity contribution in [3.8, 4) is 5.75 Å². The van der Waals surface area contributed by atoms with Gasteiger partial charge >= 0.3 is 5.97 Å². The maximum Gasteiger partial charge on any atom is 0.306 e. The molecule has 5 nitrogen and oxygen atoms in total. The van der Waals surface area contributed by atoms with Gasteiger partial charge in [-0.25, -0.2) is 0 Å². The number of Topliss-reactive ketones (excluding diaryl/α,β-unsaturated/α-hetero) is 1. The quantitative estimate of drug-likeness (QED) is 0.552. The van der Waals surface area contributed by atoms with Gasteiger partial charge < -0.3 is 14.6 Å². The summed E-state index contributed by atoms with van der Waals surface area (Å²) in [6, 6.07) is 5.78. The van der Waals surface area contributed by atoms with Crippen LogP contribution in [0, 0.1) is 0 Å². The van der Waals surface area contributed by atoms with Crippen molar-refractivity contribution in [3.05, 3.63) is 28.6 Å². The number of methoxy groups -OCH3 is 1. The zero-order chi connectivity index (χ0) is 19.3. The zero-order valence-electron chi connectivity index (χ0n) is 15.8. The number of aryl methyl sites for hydroxylation is 1. The summed E-state index contributed by atoms with van der Waals surface area (Å²) in [6.45, 7) is 5.54. The number of rotatable bonds is 8. The Morgan fingerprint density at radius 3 is 2.50 bits per heavy atom. The van der Waals surface area contributed by atoms with E-state index in [1.807, 2.05) is 18.2 Å². The molecular weight excluding hydrogens is 352 g/mol. The van der Waals surface area contributed by atoms with Gasteiger partial charge in [0.25, 0.3) is 0 Å². The van der Waals surface area contributed by atoms with E-state index >= 15 is 0 Å². The van der Waals surface area contributed by atoms with Crippen LogP contribution in [0.25, 0.3) is 10.1 Å². The number of fused-ring (bicyclic) bond motifs is 1. The molecule has 0 unspecified atom stereocenters. The maximum atomic E-state index is 12.4. The van der Waals surface area contributed by atoms with E-state index < -0.39 is 5.60 Å². The van der Waals surface area contributed by atoms with Crippen LogP contribution in [0.5, 0.6) is 5.75 Å². The van der Waals surface area contributed by atoms with Crippen molar-refractivity contribution in [1.82, 2.24) is 0 Å². The summed E-state index contributed by atoms with van der Waals surface area (Å²) >= 11 is 1.42. The Morgan fingerprint density at radius 2 is 1.88 bits per heavy atom. The topological polar surface area (TPSA) is 72.8 Å². The fraction of sp³-hybridized carbons (Fsp3) is 0.500. The molecule has 0 aliphatic rings. The lowest BCUT2D eigenvalue weighted by atomic mass is 10.1. The van der Waals surface area contributed by atoms with Crippen molar-refractivity contribution in [1.29, 1.82) is 0 Å². The highest BCUT2D eigenvalue weighted by Gasteiger charge is 2.19. The number of esters is 1. The van der Waals surface area contributed by atoms with Gasteiger partial charge in [-0.1, -0.05) is 0 Å². The van der Waals surface area contributed by atoms with E-state index in [9.17, 15) is 9.59 Å². The largest absolute Gasteiger partial charge is 0.496 e. The van der Waals surface area contributed by atoms with Crippen LogP contribution in [-0.4, -0.2) is 36.2 Å². The summed E-state index contributed by atoms with van der Waals surface area (Å²) in [6.07, 6.45) is 1.59. The third-order valence-corrected chi connectivity index (χ3v) is 4.91. The molecular formula is C20H26O5S. The Kier molecular flexibility index (Phi) is 6.78. The van der Waals surface area contributed by atoms with Gasteiger partial charge in [-0.15, -0.1) is 11.3 Å². The number of carbonyl (C=O) groups excluding carboxylic acids is 2. The van der Waals surface area contributed by atoms with Crippen LogP contribution in [0.15, 0.2) is 18.2 Å². The minimum absolute atomic E-state index is 0.0621. The SMILES string of the molecule is COc1cc2cc(C(=O)CCC(=O)OC(C)(C)C)sc2cc1CCCO. The molecule has 0 amide bonds. The summed E-state index contributed by atoms with van der Waals surface area (Å²) in [5, 5.41) is 9.98. The molecule has 0 saturated heterocycles. The van der Waals surface area contributed by atoms with Gasteiger partial charge in [0.1, 0.15) is 11.4 Å². The first kappa shape index (κ1) is 20.4. The molecule has 0 fully saturated rings. The van der Waals surface area contributed by atoms with E-state index in [-0.39, 0.29) is 31.2 Å². The van der Waals surface area contributed by atoms with E-state index in [1.54, 1.807) is 27.9 Å². The molecule has 142 valence electrons. The first-order valence-electron chi connectivity index (χ1n) is 8.70. The summed E-state index contributed by atoms with van der Waals surface area (Å²) in [7, 11) is 1.61. The van der Waals surface area contributed by atoms with Crippen molar-refractivity contribution in [2.75, 3.05) is 13.7 Å². The monoisotopic (exact) mass is 378 g/mol. The molecule has 0 bridgehead atoms. The lowest BCUT2D eigenvalue weighted by Gasteiger charge is -2.19. The first-order chi connectivity index (χ1) is 12.2. The fourth-order valence-corrected chi connectivity index (χ4v) is 3.71. The van der Waals surface area contributed by atoms with Crippen LogP contribution in [0.2, 0.25) is 0 Å². The fourth-order valence-electron chi connectivity index (χ4n) is 2.63. The summed E-state index contributed by atoms with van der Waals surface area (Å²) in [4.78, 5) is 24.9. The minimum Gasteiger partial charge on any atom is -0.496 e. The standard InChI is InChI=1S/C20H26O5S/c1-20(2,3)25-19(23)8-7-15(22)18-12-14-10-16(24-4)13(6-5-9-21)11-17(14)26-18/h10-12,21H,5-9H2,1-4H3. The Hall–Kier alpha value is -1.92. The van der Waals surface area contributed by atoms with Crippen LogP contribution < -0.4 is 4.74 Å². The van der Waals surface area contributed by atoms with Gasteiger partial charge in [-0.3, -0.25) is 9.59 Å². The molecule has 0 saturated carbocycles. The average Bonchev–Trinajstić information content (AvgIpc) is 2.98. The Balaban J connectivity index is 2.12. The summed E-state index contributed by atoms with van der Waals surface area (Å²) in [5.74, 6) is 0.337. The van der Waals surface area contributed by atoms with Crippen LogP contribution >= 0.6 is 11.3 Å². The summed E-state index contributed by atoms with van der Waals surface area (Å²) in [5.41, 5.74) is 0.475. The smallest absolute Gasteiger partial charge is 0.306 e. The van der Waals surface area contributed by atoms with Gasteiger partial charge in [-0.2, -0.15) is 0 Å². The van der Waals surface area contributed by atoms with Crippen LogP contribution in [0.1, 0.15) is 55.3 Å². The van der Waals surface area contributed by atoms with Gasteiger partial charge in [-0.05, 0) is 62.8 Å². The molecule has 1 N–H and O–H groups in total. The normalized spacial score (nSPS) is 11.6. The number of ether oxygens (including phenoxy) is 2. The minimum atomic E-state index is -0.542. The zero-order valence-corrected chi connectivity index (χ0v) is 16.6. The number of hydrogen-bond acceptors (Lipinski definition) is 6. The van der Waals surface area contributed by atoms with Crippen LogP contribution in [0.3, 0.4) is 0 Å². The molecule has 1 aromatic carbocycles. The number of aliphatic hydroxyl groups is 1. The van der Waals surface area contributed by atoms with Crippen molar-refractivity contribution in [2.24, 2.45) is 0 Å². The molecule has 0 aliphatic heterocycles. The van der Waals surface area contributed by atoms with Crippen LogP contribution in [0.4, 0.5) is 0 Å². The van der Waals surface area contributed by atoms with E-state index in [1.165, 1.54) is 11.3 Å². The Bertz CT molecular complexity index is 785. The highest BCUT2D eigenvalue weighted by molar-refractivity contribution is 7.20. The average molecular weight is 378 g/mol. The Morgan fingerprint density at radius 1 is 1.15 bits per heavy atom. The molecule has 1 heterocycles. The molecule has 1 aromatic heterocycles. The van der Waals surface area contributed by atoms with Crippen molar-refractivity contribution in [2.45, 2.75) is 52.1 Å². The second-order valence-electron chi connectivity index (χ2n) is 7.15. The lowest BCUT2D eigenvalue weighted by Crippen LogP contribution is -2.24. The molecule has 0 aliphatic carbocycles. The summed E-state index contributed by atoms with van der Waals surface area (Å²) < 4.78 is 11.7. The number of carbonyl (C=O) groups is 2. The predicted molar refractivity (Wildman–Crippen MR) is 103 cm³/mol. The molecule has 26 heavy (non-hydrogen) atoms. The predicted octanol–water partition coefficient (Wildman–Crippen LogP) is 4.14. The van der Waals surface area contributed by atoms with Crippen molar-refractivity contribution < 1.29 is 24.2 Å². The Labute approximate surface area is 157 Å². The number of aliphatic hydroxyl groups excluding tert-OH is 1. The number of benzene rings is 1. The molecule has 0 radical (unpaired) electrons. The highest BCUT2D eigenvalue weighted by atomic mass is 32.1. The first-order valence-corrected chi connectivity index (χ1v) is 9.51. The van der Waals surface area contributed by atoms with Crippen molar-refractivity contribution >= 4 is 33.2 Å². The molecule has 0 atom stereocenters. The number of hydrogen-bond donors (Lipinski definition) is 1. The number of thiophene rings is 1. The van der Waals surface area contributed by atoms with E-state index in [0.29, 0.717) is 11.3 Å². The molecule has 2 rings (SSSR count). The van der Waals surface area contributed by atoms with E-state index in [4.69, 9.17) is 14.6 Å². The van der Waals surface area contributed by atoms with Crippen LogP contribution in [-0.2, 0) is 16.0 Å². The molecule has 0 spiro atoms. The van der Waals surface area contributed by atoms with E-state index in [2.05, 4.69) is 0 Å². The second-order valence-corrected chi connectivity index (χ2v) is 8.23. The van der Waals surface area contributed by atoms with Gasteiger partial charge in [0.05, 0.1) is 18.4 Å². The van der Waals surface area contributed by atoms with Gasteiger partial charge in [0, 0.05) is 17.7 Å². The van der Waals surface area contributed by atoms with E-state index in [0.717, 1.165) is 27.8 Å². The van der Waals surface area contributed by atoms with Crippen molar-refractivity contribution in [3.63, 3.8) is 0 Å². The second kappa shape index (κ2) is 8.64. The lowest BCUT2D eigenvalue weighted by molar-refractivity contribution is -0.154. The third kappa shape index (κ3) is 5.54. The number of ketones is 1. The molecule has 2 aromatic rings. The molecule has 6 heteroatoms. The maximum absolute atomic E-state index is 12.4. The van der Waals surface area contributed by atoms with Gasteiger partial charge in [0.15, 0.2) is 5.78 Å². The van der Waals surface area contributed by atoms with Gasteiger partial charge in [0.2, 0.25) is 0 Å². The highest BCUT2D eigenvalue weighted by Crippen LogP contribution is 2.33.